The minimum absolute atomic E-state index is 0.145. The van der Waals surface area contributed by atoms with E-state index in [-0.39, 0.29) is 17.7 Å². The van der Waals surface area contributed by atoms with E-state index < -0.39 is 23.0 Å². The van der Waals surface area contributed by atoms with Crippen LogP contribution in [-0.4, -0.2) is 55.3 Å². The van der Waals surface area contributed by atoms with E-state index in [1.807, 2.05) is 20.8 Å². The fourth-order valence-electron chi connectivity index (χ4n) is 3.07. The van der Waals surface area contributed by atoms with Gasteiger partial charge in [-0.05, 0) is 39.7 Å². The van der Waals surface area contributed by atoms with Gasteiger partial charge < -0.3 is 14.7 Å². The maximum absolute atomic E-state index is 13.8. The zero-order chi connectivity index (χ0) is 19.1. The molecule has 2 aromatic rings. The first kappa shape index (κ1) is 18.1. The topological polar surface area (TPSA) is 97.5 Å². The average Bonchev–Trinajstić information content (AvgIpc) is 3.12. The number of halogens is 1. The summed E-state index contributed by atoms with van der Waals surface area (Å²) in [5, 5.41) is 17.0. The highest BCUT2D eigenvalue weighted by Crippen LogP contribution is 2.24. The first-order valence-corrected chi connectivity index (χ1v) is 8.41. The number of benzene rings is 1. The van der Waals surface area contributed by atoms with Gasteiger partial charge in [-0.3, -0.25) is 0 Å². The Morgan fingerprint density at radius 1 is 1.38 bits per heavy atom. The largest absolute Gasteiger partial charge is 0.478 e. The van der Waals surface area contributed by atoms with Crippen LogP contribution in [0.15, 0.2) is 12.1 Å². The van der Waals surface area contributed by atoms with Crippen molar-refractivity contribution in [1.29, 1.82) is 0 Å². The summed E-state index contributed by atoms with van der Waals surface area (Å²) in [4.78, 5) is 25.2. The fraction of sp³-hybridized carbons (Fsp3) is 0.529. The van der Waals surface area contributed by atoms with Gasteiger partial charge in [0.15, 0.2) is 0 Å². The van der Waals surface area contributed by atoms with E-state index in [9.17, 15) is 14.0 Å². The number of carboxylic acids is 1. The second-order valence-electron chi connectivity index (χ2n) is 7.37. The van der Waals surface area contributed by atoms with Crippen LogP contribution in [0.1, 0.15) is 44.0 Å². The third-order valence-electron chi connectivity index (χ3n) is 4.22. The number of aromatic carboxylic acids is 1. The second kappa shape index (κ2) is 6.54. The predicted octanol–water partition coefficient (Wildman–Crippen LogP) is 2.67. The maximum atomic E-state index is 13.8. The van der Waals surface area contributed by atoms with Crippen LogP contribution in [0.4, 0.5) is 9.18 Å². The van der Waals surface area contributed by atoms with E-state index in [0.717, 1.165) is 18.9 Å². The number of ether oxygens (including phenoxy) is 1. The Morgan fingerprint density at radius 2 is 2.12 bits per heavy atom. The number of fused-ring (bicyclic) bond motifs is 1. The molecule has 1 saturated heterocycles. The first-order chi connectivity index (χ1) is 12.2. The summed E-state index contributed by atoms with van der Waals surface area (Å²) in [7, 11) is 0. The van der Waals surface area contributed by atoms with Gasteiger partial charge in [0.2, 0.25) is 0 Å². The molecule has 1 aliphatic rings. The number of aromatic nitrogens is 3. The molecule has 1 fully saturated rings. The number of carbonyl (C=O) groups excluding carboxylic acids is 1. The molecule has 140 valence electrons. The third-order valence-corrected chi connectivity index (χ3v) is 4.22. The van der Waals surface area contributed by atoms with E-state index in [1.54, 1.807) is 4.90 Å². The van der Waals surface area contributed by atoms with Gasteiger partial charge >= 0.3 is 12.1 Å². The Hall–Kier alpha value is -2.71. The Labute approximate surface area is 149 Å². The number of hydrogen-bond acceptors (Lipinski definition) is 5. The van der Waals surface area contributed by atoms with Crippen LogP contribution >= 0.6 is 0 Å². The lowest BCUT2D eigenvalue weighted by atomic mass is 10.1. The highest BCUT2D eigenvalue weighted by molar-refractivity contribution is 5.92. The number of nitrogens with zero attached hydrogens (tertiary/aromatic N) is 4. The van der Waals surface area contributed by atoms with Crippen molar-refractivity contribution >= 4 is 23.1 Å². The lowest BCUT2D eigenvalue weighted by Gasteiger charge is -2.28. The summed E-state index contributed by atoms with van der Waals surface area (Å²) >= 11 is 0. The van der Waals surface area contributed by atoms with Crippen LogP contribution < -0.4 is 0 Å². The molecule has 1 unspecified atom stereocenters. The summed E-state index contributed by atoms with van der Waals surface area (Å²) in [6, 6.07) is 2.13. The summed E-state index contributed by atoms with van der Waals surface area (Å²) < 4.78 is 20.7. The summed E-state index contributed by atoms with van der Waals surface area (Å²) in [5.41, 5.74) is -0.330. The van der Waals surface area contributed by atoms with Gasteiger partial charge in [-0.1, -0.05) is 5.21 Å². The van der Waals surface area contributed by atoms with Crippen LogP contribution in [0.3, 0.4) is 0 Å². The molecule has 0 radical (unpaired) electrons. The fourth-order valence-corrected chi connectivity index (χ4v) is 3.07. The van der Waals surface area contributed by atoms with Crippen molar-refractivity contribution in [1.82, 2.24) is 19.9 Å². The van der Waals surface area contributed by atoms with Gasteiger partial charge in [-0.25, -0.2) is 18.7 Å². The van der Waals surface area contributed by atoms with Crippen LogP contribution in [0, 0.1) is 5.82 Å². The van der Waals surface area contributed by atoms with Crippen LogP contribution in [0.2, 0.25) is 0 Å². The minimum Gasteiger partial charge on any atom is -0.478 e. The number of carbonyl (C=O) groups is 2. The van der Waals surface area contributed by atoms with E-state index in [4.69, 9.17) is 9.84 Å². The maximum Gasteiger partial charge on any atom is 0.410 e. The van der Waals surface area contributed by atoms with Gasteiger partial charge in [-0.2, -0.15) is 0 Å². The van der Waals surface area contributed by atoms with Crippen molar-refractivity contribution in [2.75, 3.05) is 6.54 Å². The van der Waals surface area contributed by atoms with Gasteiger partial charge in [0, 0.05) is 12.6 Å². The van der Waals surface area contributed by atoms with Crippen molar-refractivity contribution < 1.29 is 23.8 Å². The van der Waals surface area contributed by atoms with Gasteiger partial charge in [-0.15, -0.1) is 5.10 Å². The van der Waals surface area contributed by atoms with Crippen molar-refractivity contribution in [3.63, 3.8) is 0 Å². The molecule has 0 bridgehead atoms. The van der Waals surface area contributed by atoms with Crippen LogP contribution in [-0.2, 0) is 11.3 Å². The molecule has 8 nitrogen and oxygen atoms in total. The number of amides is 1. The smallest absolute Gasteiger partial charge is 0.410 e. The molecule has 0 saturated carbocycles. The predicted molar refractivity (Wildman–Crippen MR) is 90.4 cm³/mol. The molecule has 1 aliphatic heterocycles. The van der Waals surface area contributed by atoms with Crippen molar-refractivity contribution in [2.24, 2.45) is 0 Å². The Kier molecular flexibility index (Phi) is 4.55. The number of rotatable bonds is 3. The molecule has 1 aromatic heterocycles. The van der Waals surface area contributed by atoms with Crippen molar-refractivity contribution in [3.05, 3.63) is 23.5 Å². The molecule has 1 N–H and O–H groups in total. The molecule has 0 spiro atoms. The normalized spacial score (nSPS) is 17.7. The van der Waals surface area contributed by atoms with E-state index in [0.29, 0.717) is 18.6 Å². The van der Waals surface area contributed by atoms with Gasteiger partial charge in [0.1, 0.15) is 16.9 Å². The van der Waals surface area contributed by atoms with E-state index in [2.05, 4.69) is 10.3 Å². The van der Waals surface area contributed by atoms with Crippen LogP contribution in [0.5, 0.6) is 0 Å². The SMILES string of the molecule is CC(C)(C)OC(=O)N1CCCC1Cn1nnc2cc(F)c(C(=O)O)cc21. The molecule has 2 heterocycles. The minimum atomic E-state index is -1.35. The highest BCUT2D eigenvalue weighted by atomic mass is 19.1. The molecular weight excluding hydrogens is 343 g/mol. The number of likely N-dealkylation sites (tertiary alicyclic amines) is 1. The molecule has 3 rings (SSSR count). The molecule has 1 aromatic carbocycles. The Morgan fingerprint density at radius 3 is 2.77 bits per heavy atom. The average molecular weight is 364 g/mol. The molecule has 9 heteroatoms. The van der Waals surface area contributed by atoms with E-state index in [1.165, 1.54) is 10.7 Å². The number of hydrogen-bond donors (Lipinski definition) is 1. The standard InChI is InChI=1S/C17H21FN4O4/c1-17(2,3)26-16(25)21-6-4-5-10(21)9-22-14-7-11(15(23)24)12(18)8-13(14)19-20-22/h7-8,10H,4-6,9H2,1-3H3,(H,23,24). The highest BCUT2D eigenvalue weighted by Gasteiger charge is 2.33. The Bertz CT molecular complexity index is 858. The quantitative estimate of drug-likeness (QED) is 0.899. The van der Waals surface area contributed by atoms with E-state index >= 15 is 0 Å². The molecule has 0 aliphatic carbocycles. The monoisotopic (exact) mass is 364 g/mol. The summed E-state index contributed by atoms with van der Waals surface area (Å²) in [5.74, 6) is -2.21. The van der Waals surface area contributed by atoms with Gasteiger partial charge in [0.25, 0.3) is 0 Å². The molecule has 1 amide bonds. The lowest BCUT2D eigenvalue weighted by Crippen LogP contribution is -2.41. The molecular formula is C17H21FN4O4. The summed E-state index contributed by atoms with van der Waals surface area (Å²) in [6.45, 7) is 6.34. The number of carboxylic acid groups (broad SMARTS) is 1. The van der Waals surface area contributed by atoms with Crippen LogP contribution in [0.25, 0.3) is 11.0 Å². The summed E-state index contributed by atoms with van der Waals surface area (Å²) in [6.07, 6.45) is 1.22. The zero-order valence-electron chi connectivity index (χ0n) is 14.9. The Balaban J connectivity index is 1.85. The molecule has 1 atom stereocenters. The third kappa shape index (κ3) is 3.61. The zero-order valence-corrected chi connectivity index (χ0v) is 14.9. The second-order valence-corrected chi connectivity index (χ2v) is 7.37. The first-order valence-electron chi connectivity index (χ1n) is 8.41. The molecule has 26 heavy (non-hydrogen) atoms. The lowest BCUT2D eigenvalue weighted by molar-refractivity contribution is 0.0212. The van der Waals surface area contributed by atoms with Crippen molar-refractivity contribution in [2.45, 2.75) is 51.8 Å². The van der Waals surface area contributed by atoms with Gasteiger partial charge in [0.05, 0.1) is 23.7 Å². The van der Waals surface area contributed by atoms with Crippen molar-refractivity contribution in [3.8, 4) is 0 Å².